The molecule has 0 atom stereocenters. The van der Waals surface area contributed by atoms with Gasteiger partial charge in [0.25, 0.3) is 0 Å². The molecule has 0 aliphatic heterocycles. The van der Waals surface area contributed by atoms with Crippen LogP contribution in [-0.4, -0.2) is 6.61 Å². The Morgan fingerprint density at radius 3 is 2.74 bits per heavy atom. The summed E-state index contributed by atoms with van der Waals surface area (Å²) in [6, 6.07) is 11.4. The summed E-state index contributed by atoms with van der Waals surface area (Å²) in [7, 11) is 0. The van der Waals surface area contributed by atoms with Crippen molar-refractivity contribution in [2.45, 2.75) is 13.8 Å². The lowest BCUT2D eigenvalue weighted by atomic mass is 10.2. The van der Waals surface area contributed by atoms with Gasteiger partial charge in [0.05, 0.1) is 18.0 Å². The highest BCUT2D eigenvalue weighted by Gasteiger charge is 2.07. The van der Waals surface area contributed by atoms with Crippen LogP contribution < -0.4 is 15.8 Å². The Balaban J connectivity index is 2.33. The van der Waals surface area contributed by atoms with Crippen molar-refractivity contribution in [3.05, 3.63) is 47.0 Å². The summed E-state index contributed by atoms with van der Waals surface area (Å²) in [5.74, 6) is 0.687. The minimum Gasteiger partial charge on any atom is -0.492 e. The first kappa shape index (κ1) is 13.6. The maximum Gasteiger partial charge on any atom is 0.144 e. The van der Waals surface area contributed by atoms with Crippen LogP contribution >= 0.6 is 11.6 Å². The first-order valence-corrected chi connectivity index (χ1v) is 6.54. The Kier molecular flexibility index (Phi) is 4.17. The van der Waals surface area contributed by atoms with Crippen LogP contribution in [0.2, 0.25) is 5.02 Å². The second-order valence-corrected chi connectivity index (χ2v) is 4.67. The van der Waals surface area contributed by atoms with E-state index < -0.39 is 0 Å². The van der Waals surface area contributed by atoms with Crippen LogP contribution in [0.25, 0.3) is 0 Å². The van der Waals surface area contributed by atoms with E-state index in [9.17, 15) is 0 Å². The van der Waals surface area contributed by atoms with Crippen molar-refractivity contribution in [3.63, 3.8) is 0 Å². The van der Waals surface area contributed by atoms with Gasteiger partial charge < -0.3 is 15.8 Å². The molecule has 0 saturated heterocycles. The number of benzene rings is 2. The minimum atomic E-state index is 0.587. The van der Waals surface area contributed by atoms with E-state index in [0.29, 0.717) is 23.1 Å². The largest absolute Gasteiger partial charge is 0.492 e. The first-order valence-electron chi connectivity index (χ1n) is 6.16. The average Bonchev–Trinajstić information content (AvgIpc) is 2.39. The molecule has 3 nitrogen and oxygen atoms in total. The van der Waals surface area contributed by atoms with Gasteiger partial charge in [-0.2, -0.15) is 0 Å². The summed E-state index contributed by atoms with van der Waals surface area (Å²) in [5, 5.41) is 3.98. The molecule has 4 heteroatoms. The van der Waals surface area contributed by atoms with Gasteiger partial charge in [-0.05, 0) is 43.7 Å². The zero-order valence-corrected chi connectivity index (χ0v) is 11.8. The van der Waals surface area contributed by atoms with Crippen LogP contribution in [0, 0.1) is 6.92 Å². The molecule has 0 saturated carbocycles. The maximum atomic E-state index is 6.08. The predicted octanol–water partition coefficient (Wildman–Crippen LogP) is 4.37. The highest BCUT2D eigenvalue weighted by atomic mass is 35.5. The smallest absolute Gasteiger partial charge is 0.144 e. The van der Waals surface area contributed by atoms with E-state index in [1.165, 1.54) is 0 Å². The number of ether oxygens (including phenoxy) is 1. The molecular weight excluding hydrogens is 260 g/mol. The number of nitrogens with one attached hydrogen (secondary N) is 1. The van der Waals surface area contributed by atoms with Crippen LogP contribution in [0.15, 0.2) is 36.4 Å². The molecule has 0 amide bonds. The lowest BCUT2D eigenvalue weighted by Gasteiger charge is -2.14. The maximum absolute atomic E-state index is 6.08. The summed E-state index contributed by atoms with van der Waals surface area (Å²) in [6.07, 6.45) is 0. The number of rotatable bonds is 4. The van der Waals surface area contributed by atoms with Crippen LogP contribution in [0.1, 0.15) is 12.5 Å². The zero-order chi connectivity index (χ0) is 13.8. The van der Waals surface area contributed by atoms with Crippen molar-refractivity contribution >= 4 is 28.7 Å². The molecule has 100 valence electrons. The van der Waals surface area contributed by atoms with Gasteiger partial charge in [0.1, 0.15) is 5.75 Å². The lowest BCUT2D eigenvalue weighted by molar-refractivity contribution is 0.342. The van der Waals surface area contributed by atoms with E-state index in [4.69, 9.17) is 22.1 Å². The van der Waals surface area contributed by atoms with E-state index >= 15 is 0 Å². The third-order valence-electron chi connectivity index (χ3n) is 2.83. The van der Waals surface area contributed by atoms with Gasteiger partial charge in [-0.25, -0.2) is 0 Å². The quantitative estimate of drug-likeness (QED) is 0.815. The number of hydrogen-bond acceptors (Lipinski definition) is 3. The molecule has 0 unspecified atom stereocenters. The van der Waals surface area contributed by atoms with Crippen molar-refractivity contribution in [1.29, 1.82) is 0 Å². The van der Waals surface area contributed by atoms with E-state index in [0.717, 1.165) is 16.9 Å². The van der Waals surface area contributed by atoms with Gasteiger partial charge in [-0.15, -0.1) is 0 Å². The number of nitrogen functional groups attached to an aromatic ring is 1. The van der Waals surface area contributed by atoms with E-state index in [2.05, 4.69) is 5.32 Å². The topological polar surface area (TPSA) is 47.3 Å². The van der Waals surface area contributed by atoms with Gasteiger partial charge in [0, 0.05) is 10.7 Å². The molecule has 0 aromatic heterocycles. The third kappa shape index (κ3) is 3.12. The molecule has 0 aliphatic carbocycles. The van der Waals surface area contributed by atoms with Crippen molar-refractivity contribution in [2.24, 2.45) is 0 Å². The fourth-order valence-corrected chi connectivity index (χ4v) is 1.98. The van der Waals surface area contributed by atoms with Gasteiger partial charge in [0.15, 0.2) is 0 Å². The lowest BCUT2D eigenvalue weighted by Crippen LogP contribution is -2.01. The molecule has 2 aromatic rings. The van der Waals surface area contributed by atoms with E-state index in [1.807, 2.05) is 50.2 Å². The second-order valence-electron chi connectivity index (χ2n) is 4.23. The summed E-state index contributed by atoms with van der Waals surface area (Å²) in [4.78, 5) is 0. The Morgan fingerprint density at radius 1 is 1.21 bits per heavy atom. The summed E-state index contributed by atoms with van der Waals surface area (Å²) >= 11 is 6.01. The molecule has 0 radical (unpaired) electrons. The molecule has 0 spiro atoms. The fraction of sp³-hybridized carbons (Fsp3) is 0.200. The fourth-order valence-electron chi connectivity index (χ4n) is 1.81. The molecule has 0 aliphatic rings. The van der Waals surface area contributed by atoms with Gasteiger partial charge >= 0.3 is 0 Å². The second kappa shape index (κ2) is 5.85. The normalized spacial score (nSPS) is 10.3. The van der Waals surface area contributed by atoms with Crippen LogP contribution in [0.5, 0.6) is 5.75 Å². The van der Waals surface area contributed by atoms with Crippen molar-refractivity contribution in [1.82, 2.24) is 0 Å². The van der Waals surface area contributed by atoms with Gasteiger partial charge in [-0.1, -0.05) is 23.7 Å². The third-order valence-corrected chi connectivity index (χ3v) is 3.07. The molecule has 0 fully saturated rings. The van der Waals surface area contributed by atoms with Gasteiger partial charge in [-0.3, -0.25) is 0 Å². The number of para-hydroxylation sites is 1. The minimum absolute atomic E-state index is 0.587. The SMILES string of the molecule is CCOc1cccc(Nc2cc(Cl)ccc2C)c1N. The molecule has 0 heterocycles. The van der Waals surface area contributed by atoms with Crippen LogP contribution in [0.4, 0.5) is 17.1 Å². The molecule has 3 N–H and O–H groups in total. The monoisotopic (exact) mass is 276 g/mol. The van der Waals surface area contributed by atoms with Crippen LogP contribution in [0.3, 0.4) is 0 Å². The summed E-state index contributed by atoms with van der Waals surface area (Å²) in [5.41, 5.74) is 9.54. The summed E-state index contributed by atoms with van der Waals surface area (Å²) < 4.78 is 5.48. The molecular formula is C15H17ClN2O. The number of halogens is 1. The van der Waals surface area contributed by atoms with Crippen molar-refractivity contribution in [3.8, 4) is 5.75 Å². The van der Waals surface area contributed by atoms with E-state index in [-0.39, 0.29) is 0 Å². The van der Waals surface area contributed by atoms with Crippen molar-refractivity contribution < 1.29 is 4.74 Å². The Labute approximate surface area is 118 Å². The number of aryl methyl sites for hydroxylation is 1. The highest BCUT2D eigenvalue weighted by Crippen LogP contribution is 2.33. The Morgan fingerprint density at radius 2 is 2.00 bits per heavy atom. The number of hydrogen-bond donors (Lipinski definition) is 2. The number of anilines is 3. The highest BCUT2D eigenvalue weighted by molar-refractivity contribution is 6.30. The molecule has 19 heavy (non-hydrogen) atoms. The molecule has 0 bridgehead atoms. The molecule has 2 rings (SSSR count). The van der Waals surface area contributed by atoms with Crippen LogP contribution in [-0.2, 0) is 0 Å². The van der Waals surface area contributed by atoms with Gasteiger partial charge in [0.2, 0.25) is 0 Å². The Bertz CT molecular complexity index is 584. The Hall–Kier alpha value is -1.87. The predicted molar refractivity (Wildman–Crippen MR) is 81.5 cm³/mol. The average molecular weight is 277 g/mol. The van der Waals surface area contributed by atoms with Crippen molar-refractivity contribution in [2.75, 3.05) is 17.7 Å². The standard InChI is InChI=1S/C15H17ClN2O/c1-3-19-14-6-4-5-12(15(14)17)18-13-9-11(16)8-7-10(13)2/h4-9,18H,3,17H2,1-2H3. The first-order chi connectivity index (χ1) is 9.11. The summed E-state index contributed by atoms with van der Waals surface area (Å²) in [6.45, 7) is 4.53. The zero-order valence-electron chi connectivity index (χ0n) is 11.0. The van der Waals surface area contributed by atoms with E-state index in [1.54, 1.807) is 0 Å². The number of nitrogens with two attached hydrogens (primary N) is 1. The molecule has 2 aromatic carbocycles.